The standard InChI is InChI=1S/C36H22O4/c37-35(31-19-15-29(16-20-31)13-11-27-7-3-1-4-8-27)40-34-25-21-32(22-26-34)36(38)39-33-23-17-30(18-24-33)14-12-28-9-5-2-6-10-28/h1-10,15-26H. The summed E-state index contributed by atoms with van der Waals surface area (Å²) in [4.78, 5) is 25.1. The zero-order valence-electron chi connectivity index (χ0n) is 21.3. The molecule has 0 spiro atoms. The number of benzene rings is 5. The Balaban J connectivity index is 1.15. The Hall–Kier alpha value is -5.84. The van der Waals surface area contributed by atoms with Gasteiger partial charge in [-0.15, -0.1) is 0 Å². The van der Waals surface area contributed by atoms with Gasteiger partial charge in [0.25, 0.3) is 0 Å². The molecule has 0 saturated carbocycles. The summed E-state index contributed by atoms with van der Waals surface area (Å²) < 4.78 is 10.9. The summed E-state index contributed by atoms with van der Waals surface area (Å²) in [5.74, 6) is 12.0. The molecule has 0 saturated heterocycles. The fourth-order valence-electron chi connectivity index (χ4n) is 3.62. The first-order valence-corrected chi connectivity index (χ1v) is 12.5. The van der Waals surface area contributed by atoms with E-state index in [1.165, 1.54) is 0 Å². The number of hydrogen-bond acceptors (Lipinski definition) is 4. The minimum absolute atomic E-state index is 0.316. The summed E-state index contributed by atoms with van der Waals surface area (Å²) >= 11 is 0. The molecule has 0 aliphatic rings. The van der Waals surface area contributed by atoms with Crippen molar-refractivity contribution in [2.24, 2.45) is 0 Å². The molecule has 0 aromatic heterocycles. The third-order valence-electron chi connectivity index (χ3n) is 5.74. The van der Waals surface area contributed by atoms with Crippen molar-refractivity contribution in [1.82, 2.24) is 0 Å². The first-order chi connectivity index (χ1) is 19.6. The lowest BCUT2D eigenvalue weighted by Gasteiger charge is -2.07. The quantitative estimate of drug-likeness (QED) is 0.147. The van der Waals surface area contributed by atoms with E-state index in [1.54, 1.807) is 72.8 Å². The number of hydrogen-bond donors (Lipinski definition) is 0. The molecule has 0 amide bonds. The van der Waals surface area contributed by atoms with Gasteiger partial charge in [-0.25, -0.2) is 9.59 Å². The maximum Gasteiger partial charge on any atom is 0.343 e. The van der Waals surface area contributed by atoms with Crippen molar-refractivity contribution >= 4 is 11.9 Å². The van der Waals surface area contributed by atoms with Crippen LogP contribution in [0, 0.1) is 23.7 Å². The average molecular weight is 519 g/mol. The van der Waals surface area contributed by atoms with Gasteiger partial charge in [0.05, 0.1) is 11.1 Å². The lowest BCUT2D eigenvalue weighted by Crippen LogP contribution is -2.10. The summed E-state index contributed by atoms with van der Waals surface area (Å²) in [5, 5.41) is 0. The van der Waals surface area contributed by atoms with Crippen molar-refractivity contribution < 1.29 is 19.1 Å². The average Bonchev–Trinajstić information content (AvgIpc) is 3.01. The molecule has 0 N–H and O–H groups in total. The number of esters is 2. The van der Waals surface area contributed by atoms with Gasteiger partial charge < -0.3 is 9.47 Å². The molecule has 0 heterocycles. The SMILES string of the molecule is O=C(Oc1ccc(C(=O)Oc2ccc(C#Cc3ccccc3)cc2)cc1)c1ccc(C#Cc2ccccc2)cc1. The predicted molar refractivity (Wildman–Crippen MR) is 154 cm³/mol. The van der Waals surface area contributed by atoms with E-state index >= 15 is 0 Å². The molecular formula is C36H22O4. The van der Waals surface area contributed by atoms with Gasteiger partial charge in [-0.3, -0.25) is 0 Å². The van der Waals surface area contributed by atoms with E-state index in [-0.39, 0.29) is 0 Å². The summed E-state index contributed by atoms with van der Waals surface area (Å²) in [6, 6.07) is 39.4. The van der Waals surface area contributed by atoms with Gasteiger partial charge in [-0.1, -0.05) is 60.1 Å². The largest absolute Gasteiger partial charge is 0.423 e. The number of rotatable bonds is 4. The van der Waals surface area contributed by atoms with Gasteiger partial charge in [0.1, 0.15) is 11.5 Å². The van der Waals surface area contributed by atoms with E-state index in [0.29, 0.717) is 22.6 Å². The highest BCUT2D eigenvalue weighted by atomic mass is 16.5. The van der Waals surface area contributed by atoms with E-state index < -0.39 is 11.9 Å². The Morgan fingerprint density at radius 1 is 0.375 bits per heavy atom. The van der Waals surface area contributed by atoms with Crippen molar-refractivity contribution in [3.05, 3.63) is 167 Å². The highest BCUT2D eigenvalue weighted by Gasteiger charge is 2.12. The third-order valence-corrected chi connectivity index (χ3v) is 5.74. The van der Waals surface area contributed by atoms with Crippen LogP contribution in [0.3, 0.4) is 0 Å². The molecule has 4 nitrogen and oxygen atoms in total. The molecule has 40 heavy (non-hydrogen) atoms. The molecular weight excluding hydrogens is 496 g/mol. The minimum Gasteiger partial charge on any atom is -0.423 e. The molecule has 5 rings (SSSR count). The van der Waals surface area contributed by atoms with E-state index in [1.807, 2.05) is 60.7 Å². The first-order valence-electron chi connectivity index (χ1n) is 12.5. The van der Waals surface area contributed by atoms with Crippen LogP contribution in [0.1, 0.15) is 43.0 Å². The summed E-state index contributed by atoms with van der Waals surface area (Å²) in [6.07, 6.45) is 0. The van der Waals surface area contributed by atoms with E-state index in [0.717, 1.165) is 22.3 Å². The lowest BCUT2D eigenvalue weighted by atomic mass is 10.1. The van der Waals surface area contributed by atoms with Gasteiger partial charge >= 0.3 is 11.9 Å². The fraction of sp³-hybridized carbons (Fsp3) is 0. The smallest absolute Gasteiger partial charge is 0.343 e. The fourth-order valence-corrected chi connectivity index (χ4v) is 3.62. The van der Waals surface area contributed by atoms with Crippen LogP contribution in [0.2, 0.25) is 0 Å². The van der Waals surface area contributed by atoms with Crippen molar-refractivity contribution in [1.29, 1.82) is 0 Å². The monoisotopic (exact) mass is 518 g/mol. The second kappa shape index (κ2) is 12.6. The summed E-state index contributed by atoms with van der Waals surface area (Å²) in [6.45, 7) is 0. The molecule has 0 atom stereocenters. The molecule has 0 radical (unpaired) electrons. The third kappa shape index (κ3) is 7.13. The molecule has 0 bridgehead atoms. The maximum absolute atomic E-state index is 12.6. The lowest BCUT2D eigenvalue weighted by molar-refractivity contribution is 0.0730. The van der Waals surface area contributed by atoms with Gasteiger partial charge in [0, 0.05) is 22.3 Å². The van der Waals surface area contributed by atoms with Crippen molar-refractivity contribution in [2.45, 2.75) is 0 Å². The number of carbonyl (C=O) groups is 2. The van der Waals surface area contributed by atoms with Crippen LogP contribution in [0.5, 0.6) is 11.5 Å². The molecule has 0 aliphatic heterocycles. The van der Waals surface area contributed by atoms with Gasteiger partial charge in [0.2, 0.25) is 0 Å². The second-order valence-electron chi connectivity index (χ2n) is 8.64. The Morgan fingerprint density at radius 3 is 1.07 bits per heavy atom. The minimum atomic E-state index is -0.520. The van der Waals surface area contributed by atoms with E-state index in [9.17, 15) is 9.59 Å². The first kappa shape index (κ1) is 25.8. The highest BCUT2D eigenvalue weighted by Crippen LogP contribution is 2.18. The highest BCUT2D eigenvalue weighted by molar-refractivity contribution is 5.92. The van der Waals surface area contributed by atoms with E-state index in [2.05, 4.69) is 23.7 Å². The van der Waals surface area contributed by atoms with Crippen LogP contribution in [-0.4, -0.2) is 11.9 Å². The molecule has 0 aliphatic carbocycles. The van der Waals surface area contributed by atoms with Crippen molar-refractivity contribution in [2.75, 3.05) is 0 Å². The molecule has 190 valence electrons. The molecule has 5 aromatic carbocycles. The summed E-state index contributed by atoms with van der Waals surface area (Å²) in [5.41, 5.74) is 4.16. The Kier molecular flexibility index (Phi) is 8.13. The van der Waals surface area contributed by atoms with Crippen molar-refractivity contribution in [3.63, 3.8) is 0 Å². The molecule has 0 unspecified atom stereocenters. The number of carbonyl (C=O) groups excluding carboxylic acids is 2. The molecule has 4 heteroatoms. The van der Waals surface area contributed by atoms with Crippen LogP contribution in [-0.2, 0) is 0 Å². The Morgan fingerprint density at radius 2 is 0.675 bits per heavy atom. The Bertz CT molecular complexity index is 1730. The van der Waals surface area contributed by atoms with Gasteiger partial charge in [-0.05, 0) is 97.1 Å². The van der Waals surface area contributed by atoms with Crippen LogP contribution < -0.4 is 9.47 Å². The topological polar surface area (TPSA) is 52.6 Å². The molecule has 0 fully saturated rings. The van der Waals surface area contributed by atoms with Crippen LogP contribution in [0.25, 0.3) is 0 Å². The van der Waals surface area contributed by atoms with Crippen LogP contribution >= 0.6 is 0 Å². The normalized spacial score (nSPS) is 9.80. The van der Waals surface area contributed by atoms with Crippen LogP contribution in [0.15, 0.2) is 133 Å². The zero-order valence-corrected chi connectivity index (χ0v) is 21.3. The predicted octanol–water partition coefficient (Wildman–Crippen LogP) is 6.92. The summed E-state index contributed by atoms with van der Waals surface area (Å²) in [7, 11) is 0. The van der Waals surface area contributed by atoms with Gasteiger partial charge in [-0.2, -0.15) is 0 Å². The van der Waals surface area contributed by atoms with Crippen molar-refractivity contribution in [3.8, 4) is 35.2 Å². The van der Waals surface area contributed by atoms with Gasteiger partial charge in [0.15, 0.2) is 0 Å². The molecule has 5 aromatic rings. The maximum atomic E-state index is 12.6. The zero-order chi connectivity index (χ0) is 27.6. The Labute approximate surface area is 232 Å². The number of ether oxygens (including phenoxy) is 2. The second-order valence-corrected chi connectivity index (χ2v) is 8.64. The van der Waals surface area contributed by atoms with E-state index in [4.69, 9.17) is 9.47 Å². The van der Waals surface area contributed by atoms with Crippen LogP contribution in [0.4, 0.5) is 0 Å².